The van der Waals surface area contributed by atoms with Gasteiger partial charge in [-0.3, -0.25) is 9.20 Å². The number of benzene rings is 2. The molecule has 4 rings (SSSR count). The number of anilines is 1. The van der Waals surface area contributed by atoms with Crippen molar-refractivity contribution in [3.05, 3.63) is 84.1 Å². The fraction of sp³-hybridized carbons (Fsp3) is 0.0909. The Morgan fingerprint density at radius 1 is 1.07 bits per heavy atom. The molecule has 2 heterocycles. The summed E-state index contributed by atoms with van der Waals surface area (Å²) in [6.45, 7) is 1.96. The highest BCUT2D eigenvalue weighted by Gasteiger charge is 2.17. The first kappa shape index (κ1) is 19.1. The number of aryl methyl sites for hydroxylation is 1. The summed E-state index contributed by atoms with van der Waals surface area (Å²) in [6, 6.07) is 17.0. The molecular weight excluding hydrogens is 392 g/mol. The zero-order chi connectivity index (χ0) is 20.4. The predicted octanol–water partition coefficient (Wildman–Crippen LogP) is 5.32. The van der Waals surface area contributed by atoms with Crippen LogP contribution in [0.3, 0.4) is 0 Å². The molecule has 1 N–H and O–H groups in total. The van der Waals surface area contributed by atoms with Crippen molar-refractivity contribution in [2.24, 2.45) is 0 Å². The maximum atomic E-state index is 13.4. The van der Waals surface area contributed by atoms with Gasteiger partial charge in [-0.25, -0.2) is 13.8 Å². The van der Waals surface area contributed by atoms with Gasteiger partial charge in [0.05, 0.1) is 5.75 Å². The summed E-state index contributed by atoms with van der Waals surface area (Å²) in [5.41, 5.74) is 3.31. The number of nitrogens with zero attached hydrogens (tertiary/aromatic N) is 2. The topological polar surface area (TPSA) is 46.4 Å². The Morgan fingerprint density at radius 3 is 2.62 bits per heavy atom. The van der Waals surface area contributed by atoms with Crippen LogP contribution in [0.4, 0.5) is 14.6 Å². The van der Waals surface area contributed by atoms with Gasteiger partial charge in [0.2, 0.25) is 5.91 Å². The van der Waals surface area contributed by atoms with Crippen molar-refractivity contribution in [1.29, 1.82) is 0 Å². The summed E-state index contributed by atoms with van der Waals surface area (Å²) in [5.74, 6) is -1.48. The predicted molar refractivity (Wildman–Crippen MR) is 111 cm³/mol. The van der Waals surface area contributed by atoms with Crippen LogP contribution < -0.4 is 5.32 Å². The summed E-state index contributed by atoms with van der Waals surface area (Å²) in [4.78, 5) is 17.8. The molecule has 0 aliphatic carbocycles. The molecule has 0 atom stereocenters. The number of thioether (sulfide) groups is 1. The fourth-order valence-electron chi connectivity index (χ4n) is 3.00. The highest BCUT2D eigenvalue weighted by atomic mass is 32.2. The van der Waals surface area contributed by atoms with Crippen LogP contribution in [0.15, 0.2) is 71.8 Å². The Kier molecular flexibility index (Phi) is 5.31. The fourth-order valence-corrected chi connectivity index (χ4v) is 3.73. The maximum absolute atomic E-state index is 13.4. The zero-order valence-electron chi connectivity index (χ0n) is 15.5. The molecule has 1 amide bonds. The lowest BCUT2D eigenvalue weighted by molar-refractivity contribution is -0.113. The van der Waals surface area contributed by atoms with Crippen LogP contribution in [0.25, 0.3) is 16.9 Å². The van der Waals surface area contributed by atoms with E-state index in [4.69, 9.17) is 4.98 Å². The first-order valence-electron chi connectivity index (χ1n) is 8.94. The molecule has 7 heteroatoms. The van der Waals surface area contributed by atoms with Crippen LogP contribution in [0, 0.1) is 18.6 Å². The van der Waals surface area contributed by atoms with Gasteiger partial charge in [0.25, 0.3) is 0 Å². The van der Waals surface area contributed by atoms with Crippen molar-refractivity contribution in [2.75, 3.05) is 11.1 Å². The number of hydrogen-bond acceptors (Lipinski definition) is 3. The normalized spacial score (nSPS) is 11.0. The Morgan fingerprint density at radius 2 is 1.86 bits per heavy atom. The lowest BCUT2D eigenvalue weighted by Gasteiger charge is -2.08. The molecule has 0 bridgehead atoms. The first-order valence-corrected chi connectivity index (χ1v) is 9.92. The van der Waals surface area contributed by atoms with Gasteiger partial charge in [-0.15, -0.1) is 11.8 Å². The van der Waals surface area contributed by atoms with Crippen molar-refractivity contribution in [3.8, 4) is 11.3 Å². The van der Waals surface area contributed by atoms with Gasteiger partial charge in [0.15, 0.2) is 11.6 Å². The monoisotopic (exact) mass is 409 g/mol. The molecule has 29 heavy (non-hydrogen) atoms. The number of fused-ring (bicyclic) bond motifs is 1. The van der Waals surface area contributed by atoms with Gasteiger partial charge in [0.1, 0.15) is 17.2 Å². The van der Waals surface area contributed by atoms with Gasteiger partial charge >= 0.3 is 0 Å². The molecule has 0 saturated carbocycles. The highest BCUT2D eigenvalue weighted by molar-refractivity contribution is 8.00. The molecule has 146 valence electrons. The molecule has 0 saturated heterocycles. The third-order valence-electron chi connectivity index (χ3n) is 4.41. The lowest BCUT2D eigenvalue weighted by Crippen LogP contribution is -2.16. The van der Waals surface area contributed by atoms with E-state index in [1.807, 2.05) is 60.0 Å². The van der Waals surface area contributed by atoms with E-state index in [1.165, 1.54) is 6.07 Å². The van der Waals surface area contributed by atoms with E-state index in [0.717, 1.165) is 40.7 Å². The average Bonchev–Trinajstić information content (AvgIpc) is 3.09. The Balaban J connectivity index is 1.61. The molecule has 2 aromatic heterocycles. The summed E-state index contributed by atoms with van der Waals surface area (Å²) >= 11 is 1.14. The number of amides is 1. The molecule has 0 aliphatic heterocycles. The summed E-state index contributed by atoms with van der Waals surface area (Å²) in [5, 5.41) is 2.93. The van der Waals surface area contributed by atoms with Crippen molar-refractivity contribution in [3.63, 3.8) is 0 Å². The van der Waals surface area contributed by atoms with Gasteiger partial charge < -0.3 is 5.32 Å². The minimum absolute atomic E-state index is 0.0539. The summed E-state index contributed by atoms with van der Waals surface area (Å²) in [6.07, 6.45) is 1.85. The number of imidazole rings is 1. The number of aromatic nitrogens is 2. The van der Waals surface area contributed by atoms with Crippen LogP contribution in [0.5, 0.6) is 0 Å². The largest absolute Gasteiger partial charge is 0.309 e. The number of hydrogen-bond donors (Lipinski definition) is 1. The van der Waals surface area contributed by atoms with E-state index in [2.05, 4.69) is 5.32 Å². The second-order valence-corrected chi connectivity index (χ2v) is 7.52. The Labute approximate surface area is 170 Å². The minimum atomic E-state index is -0.931. The summed E-state index contributed by atoms with van der Waals surface area (Å²) < 4.78 is 28.3. The van der Waals surface area contributed by atoms with E-state index in [-0.39, 0.29) is 11.7 Å². The van der Waals surface area contributed by atoms with E-state index >= 15 is 0 Å². The third-order valence-corrected chi connectivity index (χ3v) is 5.41. The second-order valence-electron chi connectivity index (χ2n) is 6.47. The molecule has 4 nitrogen and oxygen atoms in total. The molecule has 0 fully saturated rings. The highest BCUT2D eigenvalue weighted by Crippen LogP contribution is 2.30. The van der Waals surface area contributed by atoms with Crippen LogP contribution in [0.1, 0.15) is 5.56 Å². The van der Waals surface area contributed by atoms with Gasteiger partial charge in [-0.1, -0.05) is 36.4 Å². The van der Waals surface area contributed by atoms with Crippen molar-refractivity contribution in [1.82, 2.24) is 9.38 Å². The molecule has 2 aromatic carbocycles. The molecule has 0 aliphatic rings. The SMILES string of the molecule is Cc1cccn2c(NC(=O)CSc3ccc(F)c(F)c3)c(-c3ccccc3)nc12. The molecule has 0 radical (unpaired) electrons. The first-order chi connectivity index (χ1) is 14.0. The number of rotatable bonds is 5. The van der Waals surface area contributed by atoms with Crippen LogP contribution in [0.2, 0.25) is 0 Å². The van der Waals surface area contributed by atoms with Gasteiger partial charge in [0, 0.05) is 16.7 Å². The van der Waals surface area contributed by atoms with Crippen LogP contribution >= 0.6 is 11.8 Å². The smallest absolute Gasteiger partial charge is 0.235 e. The number of nitrogens with one attached hydrogen (secondary N) is 1. The minimum Gasteiger partial charge on any atom is -0.309 e. The number of halogens is 2. The standard InChI is InChI=1S/C22H17F2N3OS/c1-14-6-5-11-27-21(14)26-20(15-7-3-2-4-8-15)22(27)25-19(28)13-29-16-9-10-17(23)18(24)12-16/h2-12H,13H2,1H3,(H,25,28). The van der Waals surface area contributed by atoms with E-state index < -0.39 is 11.6 Å². The average molecular weight is 409 g/mol. The van der Waals surface area contributed by atoms with Crippen molar-refractivity contribution < 1.29 is 13.6 Å². The zero-order valence-corrected chi connectivity index (χ0v) is 16.3. The molecule has 4 aromatic rings. The van der Waals surface area contributed by atoms with E-state index in [1.54, 1.807) is 0 Å². The van der Waals surface area contributed by atoms with Crippen LogP contribution in [-0.4, -0.2) is 21.0 Å². The number of pyridine rings is 1. The van der Waals surface area contributed by atoms with E-state index in [0.29, 0.717) is 16.4 Å². The van der Waals surface area contributed by atoms with E-state index in [9.17, 15) is 13.6 Å². The van der Waals surface area contributed by atoms with Crippen molar-refractivity contribution >= 4 is 29.1 Å². The number of carbonyl (C=O) groups is 1. The maximum Gasteiger partial charge on any atom is 0.235 e. The van der Waals surface area contributed by atoms with Crippen LogP contribution in [-0.2, 0) is 4.79 Å². The van der Waals surface area contributed by atoms with Gasteiger partial charge in [-0.2, -0.15) is 0 Å². The molecule has 0 unspecified atom stereocenters. The Hall–Kier alpha value is -3.19. The molecular formula is C22H17F2N3OS. The Bertz CT molecular complexity index is 1190. The summed E-state index contributed by atoms with van der Waals surface area (Å²) in [7, 11) is 0. The number of carbonyl (C=O) groups excluding carboxylic acids is 1. The third kappa shape index (κ3) is 4.00. The molecule has 0 spiro atoms. The second kappa shape index (κ2) is 8.05. The van der Waals surface area contributed by atoms with Gasteiger partial charge in [-0.05, 0) is 36.8 Å². The quantitative estimate of drug-likeness (QED) is 0.454. The van der Waals surface area contributed by atoms with Crippen molar-refractivity contribution in [2.45, 2.75) is 11.8 Å². The lowest BCUT2D eigenvalue weighted by atomic mass is 10.1.